The van der Waals surface area contributed by atoms with Crippen molar-refractivity contribution in [1.29, 1.82) is 0 Å². The number of rotatable bonds is 5. The van der Waals surface area contributed by atoms with Gasteiger partial charge in [-0.2, -0.15) is 0 Å². The Hall–Kier alpha value is -2.08. The average Bonchev–Trinajstić information content (AvgIpc) is 2.48. The molecule has 1 atom stereocenters. The Morgan fingerprint density at radius 3 is 2.76 bits per heavy atom. The van der Waals surface area contributed by atoms with Crippen LogP contribution in [0.4, 0.5) is 10.5 Å². The van der Waals surface area contributed by atoms with Crippen molar-refractivity contribution < 1.29 is 14.7 Å². The molecule has 21 heavy (non-hydrogen) atoms. The van der Waals surface area contributed by atoms with Crippen molar-refractivity contribution in [3.8, 4) is 0 Å². The number of urea groups is 1. The predicted octanol–water partition coefficient (Wildman–Crippen LogP) is 1.60. The van der Waals surface area contributed by atoms with E-state index in [-0.39, 0.29) is 12.6 Å². The maximum atomic E-state index is 12.2. The van der Waals surface area contributed by atoms with Gasteiger partial charge in [0.05, 0.1) is 6.54 Å². The Morgan fingerprint density at radius 2 is 2.05 bits per heavy atom. The molecule has 6 nitrogen and oxygen atoms in total. The van der Waals surface area contributed by atoms with Gasteiger partial charge in [0.2, 0.25) is 0 Å². The lowest BCUT2D eigenvalue weighted by Gasteiger charge is -2.32. The fraction of sp³-hybridized carbons (Fsp3) is 0.467. The molecule has 1 aromatic rings. The molecular weight excluding hydrogens is 270 g/mol. The monoisotopic (exact) mass is 291 g/mol. The minimum absolute atomic E-state index is 0.0350. The van der Waals surface area contributed by atoms with Gasteiger partial charge in [-0.1, -0.05) is 18.2 Å². The molecule has 0 aliphatic carbocycles. The molecule has 1 heterocycles. The number of carbonyl (C=O) groups excluding carboxylic acids is 1. The summed E-state index contributed by atoms with van der Waals surface area (Å²) in [6.07, 6.45) is 1.96. The van der Waals surface area contributed by atoms with E-state index in [0.29, 0.717) is 19.0 Å². The first kappa shape index (κ1) is 15.3. The van der Waals surface area contributed by atoms with Gasteiger partial charge in [0.25, 0.3) is 0 Å². The number of aliphatic carboxylic acids is 1. The standard InChI is InChI=1S/C15H21N3O3/c19-14(20)10-16-9-12-5-4-8-18(11-12)15(21)17-13-6-2-1-3-7-13/h1-3,6-7,12,16H,4-5,8-11H2,(H,17,21)(H,19,20). The molecule has 1 saturated heterocycles. The van der Waals surface area contributed by atoms with Crippen molar-refractivity contribution in [3.63, 3.8) is 0 Å². The van der Waals surface area contributed by atoms with Crippen LogP contribution < -0.4 is 10.6 Å². The Kier molecular flexibility index (Phi) is 5.57. The number of hydrogen-bond donors (Lipinski definition) is 3. The molecule has 0 bridgehead atoms. The molecule has 3 N–H and O–H groups in total. The Morgan fingerprint density at radius 1 is 1.29 bits per heavy atom. The van der Waals surface area contributed by atoms with E-state index in [1.807, 2.05) is 30.3 Å². The van der Waals surface area contributed by atoms with E-state index in [4.69, 9.17) is 5.11 Å². The minimum Gasteiger partial charge on any atom is -0.480 e. The predicted molar refractivity (Wildman–Crippen MR) is 80.3 cm³/mol. The van der Waals surface area contributed by atoms with Crippen LogP contribution in [0.15, 0.2) is 30.3 Å². The van der Waals surface area contributed by atoms with Crippen molar-refractivity contribution in [2.24, 2.45) is 5.92 Å². The molecule has 1 unspecified atom stereocenters. The summed E-state index contributed by atoms with van der Waals surface area (Å²) < 4.78 is 0. The highest BCUT2D eigenvalue weighted by Crippen LogP contribution is 2.17. The van der Waals surface area contributed by atoms with E-state index in [1.54, 1.807) is 4.90 Å². The van der Waals surface area contributed by atoms with Crippen molar-refractivity contribution in [3.05, 3.63) is 30.3 Å². The second-order valence-electron chi connectivity index (χ2n) is 5.28. The van der Waals surface area contributed by atoms with Gasteiger partial charge in [0.15, 0.2) is 0 Å². The van der Waals surface area contributed by atoms with E-state index >= 15 is 0 Å². The van der Waals surface area contributed by atoms with Crippen LogP contribution in [0.2, 0.25) is 0 Å². The lowest BCUT2D eigenvalue weighted by Crippen LogP contribution is -2.45. The van der Waals surface area contributed by atoms with Crippen LogP contribution in [0.1, 0.15) is 12.8 Å². The van der Waals surface area contributed by atoms with E-state index < -0.39 is 5.97 Å². The molecule has 1 fully saturated rings. The largest absolute Gasteiger partial charge is 0.480 e. The van der Waals surface area contributed by atoms with Crippen LogP contribution in [-0.4, -0.2) is 48.2 Å². The first-order chi connectivity index (χ1) is 10.1. The van der Waals surface area contributed by atoms with E-state index in [0.717, 1.165) is 25.1 Å². The molecule has 1 aromatic carbocycles. The van der Waals surface area contributed by atoms with Crippen LogP contribution in [0, 0.1) is 5.92 Å². The summed E-state index contributed by atoms with van der Waals surface area (Å²) in [6, 6.07) is 9.28. The molecule has 0 radical (unpaired) electrons. The Balaban J connectivity index is 1.80. The number of carboxylic acid groups (broad SMARTS) is 1. The molecule has 0 saturated carbocycles. The van der Waals surface area contributed by atoms with E-state index in [2.05, 4.69) is 10.6 Å². The number of benzene rings is 1. The number of carboxylic acids is 1. The van der Waals surface area contributed by atoms with Crippen LogP contribution in [-0.2, 0) is 4.79 Å². The highest BCUT2D eigenvalue weighted by atomic mass is 16.4. The maximum absolute atomic E-state index is 12.2. The number of hydrogen-bond acceptors (Lipinski definition) is 3. The molecule has 2 rings (SSSR count). The van der Waals surface area contributed by atoms with Crippen LogP contribution in [0.25, 0.3) is 0 Å². The summed E-state index contributed by atoms with van der Waals surface area (Å²) in [4.78, 5) is 24.5. The number of nitrogens with one attached hydrogen (secondary N) is 2. The third kappa shape index (κ3) is 5.07. The quantitative estimate of drug-likeness (QED) is 0.769. The van der Waals surface area contributed by atoms with Gasteiger partial charge in [-0.3, -0.25) is 4.79 Å². The van der Waals surface area contributed by atoms with E-state index in [9.17, 15) is 9.59 Å². The second kappa shape index (κ2) is 7.64. The molecule has 0 aromatic heterocycles. The summed E-state index contributed by atoms with van der Waals surface area (Å²) in [5.41, 5.74) is 0.786. The van der Waals surface area contributed by atoms with E-state index in [1.165, 1.54) is 0 Å². The van der Waals surface area contributed by atoms with Crippen molar-refractivity contribution in [2.45, 2.75) is 12.8 Å². The smallest absolute Gasteiger partial charge is 0.321 e. The first-order valence-corrected chi connectivity index (χ1v) is 7.18. The van der Waals surface area contributed by atoms with Gasteiger partial charge in [-0.05, 0) is 30.9 Å². The van der Waals surface area contributed by atoms with Gasteiger partial charge >= 0.3 is 12.0 Å². The van der Waals surface area contributed by atoms with Gasteiger partial charge < -0.3 is 20.6 Å². The topological polar surface area (TPSA) is 81.7 Å². The number of nitrogens with zero attached hydrogens (tertiary/aromatic N) is 1. The van der Waals surface area contributed by atoms with Crippen LogP contribution in [0.5, 0.6) is 0 Å². The number of amides is 2. The zero-order valence-electron chi connectivity index (χ0n) is 11.9. The minimum atomic E-state index is -0.857. The molecule has 2 amide bonds. The molecular formula is C15H21N3O3. The Labute approximate surface area is 124 Å². The van der Waals surface area contributed by atoms with Crippen molar-refractivity contribution in [1.82, 2.24) is 10.2 Å². The molecule has 6 heteroatoms. The number of para-hydroxylation sites is 1. The average molecular weight is 291 g/mol. The third-order valence-corrected chi connectivity index (χ3v) is 3.54. The van der Waals surface area contributed by atoms with Crippen LogP contribution >= 0.6 is 0 Å². The number of likely N-dealkylation sites (tertiary alicyclic amines) is 1. The number of anilines is 1. The normalized spacial score (nSPS) is 18.3. The molecule has 0 spiro atoms. The van der Waals surface area contributed by atoms with Crippen molar-refractivity contribution >= 4 is 17.7 Å². The number of piperidine rings is 1. The highest BCUT2D eigenvalue weighted by Gasteiger charge is 2.23. The lowest BCUT2D eigenvalue weighted by molar-refractivity contribution is -0.136. The summed E-state index contributed by atoms with van der Waals surface area (Å²) >= 11 is 0. The molecule has 1 aliphatic rings. The van der Waals surface area contributed by atoms with Gasteiger partial charge in [-0.15, -0.1) is 0 Å². The van der Waals surface area contributed by atoms with Crippen LogP contribution in [0.3, 0.4) is 0 Å². The zero-order chi connectivity index (χ0) is 15.1. The summed E-state index contributed by atoms with van der Waals surface area (Å²) in [6.45, 7) is 1.99. The fourth-order valence-corrected chi connectivity index (χ4v) is 2.52. The summed E-state index contributed by atoms with van der Waals surface area (Å²) in [5.74, 6) is -0.552. The first-order valence-electron chi connectivity index (χ1n) is 7.18. The second-order valence-corrected chi connectivity index (χ2v) is 5.28. The van der Waals surface area contributed by atoms with Gasteiger partial charge in [0, 0.05) is 25.3 Å². The lowest BCUT2D eigenvalue weighted by atomic mass is 9.98. The van der Waals surface area contributed by atoms with Gasteiger partial charge in [-0.25, -0.2) is 4.79 Å². The highest BCUT2D eigenvalue weighted by molar-refractivity contribution is 5.89. The number of carbonyl (C=O) groups is 2. The third-order valence-electron chi connectivity index (χ3n) is 3.54. The Bertz CT molecular complexity index is 478. The maximum Gasteiger partial charge on any atom is 0.321 e. The SMILES string of the molecule is O=C(O)CNCC1CCCN(C(=O)Nc2ccccc2)C1. The van der Waals surface area contributed by atoms with Gasteiger partial charge in [0.1, 0.15) is 0 Å². The molecule has 1 aliphatic heterocycles. The zero-order valence-corrected chi connectivity index (χ0v) is 11.9. The fourth-order valence-electron chi connectivity index (χ4n) is 2.52. The van der Waals surface area contributed by atoms with Crippen molar-refractivity contribution in [2.75, 3.05) is 31.5 Å². The summed E-state index contributed by atoms with van der Waals surface area (Å²) in [7, 11) is 0. The molecule has 114 valence electrons. The summed E-state index contributed by atoms with van der Waals surface area (Å²) in [5, 5.41) is 14.4.